The molecule has 2 rings (SSSR count). The normalized spacial score (nSPS) is 21.6. The van der Waals surface area contributed by atoms with Gasteiger partial charge in [-0.2, -0.15) is 0 Å². The maximum Gasteiger partial charge on any atom is 0.313 e. The molecule has 1 fully saturated rings. The number of carboxylic acids is 1. The van der Waals surface area contributed by atoms with E-state index in [-0.39, 0.29) is 19.1 Å². The molecule has 1 N–H and O–H groups in total. The zero-order valence-corrected chi connectivity index (χ0v) is 12.8. The van der Waals surface area contributed by atoms with Crippen LogP contribution < -0.4 is 0 Å². The molecule has 5 nitrogen and oxygen atoms in total. The largest absolute Gasteiger partial charge is 0.481 e. The minimum Gasteiger partial charge on any atom is -0.481 e. The summed E-state index contributed by atoms with van der Waals surface area (Å²) >= 11 is 5.94. The minimum absolute atomic E-state index is 0.0979. The zero-order valence-electron chi connectivity index (χ0n) is 12.1. The van der Waals surface area contributed by atoms with E-state index in [0.29, 0.717) is 23.6 Å². The Bertz CT molecular complexity index is 575. The van der Waals surface area contributed by atoms with Crippen molar-refractivity contribution in [2.24, 2.45) is 5.41 Å². The molecule has 0 spiro atoms. The molecule has 1 saturated heterocycles. The van der Waals surface area contributed by atoms with Gasteiger partial charge in [0.2, 0.25) is 0 Å². The predicted molar refractivity (Wildman–Crippen MR) is 78.7 cm³/mol. The van der Waals surface area contributed by atoms with Gasteiger partial charge in [-0.05, 0) is 31.0 Å². The summed E-state index contributed by atoms with van der Waals surface area (Å²) in [6.45, 7) is 2.49. The SMILES string of the molecule is COCC1(C(=O)O)CCN(C(=O)c2cc(Cl)ccc2C)C1. The van der Waals surface area contributed by atoms with Crippen LogP contribution in [0.5, 0.6) is 0 Å². The second kappa shape index (κ2) is 6.03. The van der Waals surface area contributed by atoms with Crippen LogP contribution in [0.4, 0.5) is 0 Å². The number of hydrogen-bond acceptors (Lipinski definition) is 3. The number of aliphatic carboxylic acids is 1. The molecule has 1 heterocycles. The fourth-order valence-electron chi connectivity index (χ4n) is 2.67. The molecule has 6 heteroatoms. The number of methoxy groups -OCH3 is 1. The van der Waals surface area contributed by atoms with E-state index in [9.17, 15) is 14.7 Å². The number of hydrogen-bond donors (Lipinski definition) is 1. The number of carbonyl (C=O) groups excluding carboxylic acids is 1. The summed E-state index contributed by atoms with van der Waals surface area (Å²) in [6.07, 6.45) is 0.390. The molecule has 1 atom stereocenters. The first kappa shape index (κ1) is 15.8. The van der Waals surface area contributed by atoms with Crippen molar-refractivity contribution in [2.75, 3.05) is 26.8 Å². The quantitative estimate of drug-likeness (QED) is 0.926. The monoisotopic (exact) mass is 311 g/mol. The molecule has 0 radical (unpaired) electrons. The fourth-order valence-corrected chi connectivity index (χ4v) is 2.84. The van der Waals surface area contributed by atoms with Gasteiger partial charge in [-0.25, -0.2) is 0 Å². The zero-order chi connectivity index (χ0) is 15.6. The standard InChI is InChI=1S/C15H18ClNO4/c1-10-3-4-11(16)7-12(10)13(18)17-6-5-15(8-17,9-21-2)14(19)20/h3-4,7H,5-6,8-9H2,1-2H3,(H,19,20). The second-order valence-corrected chi connectivity index (χ2v) is 5.89. The number of halogens is 1. The molecule has 21 heavy (non-hydrogen) atoms. The van der Waals surface area contributed by atoms with E-state index >= 15 is 0 Å². The molecule has 0 aliphatic carbocycles. The highest BCUT2D eigenvalue weighted by molar-refractivity contribution is 6.31. The fraction of sp³-hybridized carbons (Fsp3) is 0.467. The summed E-state index contributed by atoms with van der Waals surface area (Å²) in [6, 6.07) is 5.13. The lowest BCUT2D eigenvalue weighted by atomic mass is 9.88. The number of nitrogens with zero attached hydrogens (tertiary/aromatic N) is 1. The number of likely N-dealkylation sites (tertiary alicyclic amines) is 1. The van der Waals surface area contributed by atoms with Crippen LogP contribution in [0.1, 0.15) is 22.3 Å². The number of rotatable bonds is 4. The molecule has 0 bridgehead atoms. The third-order valence-corrected chi connectivity index (χ3v) is 4.18. The van der Waals surface area contributed by atoms with Crippen LogP contribution in [0.2, 0.25) is 5.02 Å². The highest BCUT2D eigenvalue weighted by Gasteiger charge is 2.46. The smallest absolute Gasteiger partial charge is 0.313 e. The lowest BCUT2D eigenvalue weighted by Crippen LogP contribution is -2.40. The predicted octanol–water partition coefficient (Wildman–Crippen LogP) is 2.21. The Morgan fingerprint density at radius 2 is 2.19 bits per heavy atom. The van der Waals surface area contributed by atoms with Crippen molar-refractivity contribution in [1.29, 1.82) is 0 Å². The Morgan fingerprint density at radius 1 is 1.48 bits per heavy atom. The average Bonchev–Trinajstić information content (AvgIpc) is 2.87. The molecule has 1 aromatic carbocycles. The summed E-state index contributed by atoms with van der Waals surface area (Å²) in [5.74, 6) is -1.11. The Labute approximate surface area is 128 Å². The molecular weight excluding hydrogens is 294 g/mol. The van der Waals surface area contributed by atoms with E-state index in [1.807, 2.05) is 6.92 Å². The highest BCUT2D eigenvalue weighted by atomic mass is 35.5. The van der Waals surface area contributed by atoms with Gasteiger partial charge in [-0.3, -0.25) is 9.59 Å². The number of ether oxygens (including phenoxy) is 1. The van der Waals surface area contributed by atoms with Gasteiger partial charge in [0, 0.05) is 30.8 Å². The van der Waals surface area contributed by atoms with Crippen molar-refractivity contribution in [1.82, 2.24) is 4.90 Å². The van der Waals surface area contributed by atoms with Gasteiger partial charge in [-0.1, -0.05) is 17.7 Å². The number of carboxylic acid groups (broad SMARTS) is 1. The lowest BCUT2D eigenvalue weighted by molar-refractivity contribution is -0.151. The maximum atomic E-state index is 12.6. The number of amides is 1. The second-order valence-electron chi connectivity index (χ2n) is 5.45. The summed E-state index contributed by atoms with van der Waals surface area (Å²) in [4.78, 5) is 25.6. The van der Waals surface area contributed by atoms with Crippen LogP contribution in [-0.2, 0) is 9.53 Å². The van der Waals surface area contributed by atoms with Crippen LogP contribution in [0, 0.1) is 12.3 Å². The van der Waals surface area contributed by atoms with Crippen molar-refractivity contribution < 1.29 is 19.4 Å². The first-order valence-electron chi connectivity index (χ1n) is 6.67. The molecule has 114 valence electrons. The summed E-state index contributed by atoms with van der Waals surface area (Å²) in [5.41, 5.74) is 0.321. The Kier molecular flexibility index (Phi) is 4.54. The average molecular weight is 312 g/mol. The van der Waals surface area contributed by atoms with Gasteiger partial charge in [0.25, 0.3) is 5.91 Å². The molecule has 0 saturated carbocycles. The van der Waals surface area contributed by atoms with Crippen molar-refractivity contribution in [3.63, 3.8) is 0 Å². The Hall–Kier alpha value is -1.59. The van der Waals surface area contributed by atoms with Crippen LogP contribution in [-0.4, -0.2) is 48.7 Å². The van der Waals surface area contributed by atoms with Crippen LogP contribution in [0.25, 0.3) is 0 Å². The molecule has 1 aromatic rings. The molecular formula is C15H18ClNO4. The maximum absolute atomic E-state index is 12.6. The lowest BCUT2D eigenvalue weighted by Gasteiger charge is -2.24. The van der Waals surface area contributed by atoms with Crippen LogP contribution in [0.15, 0.2) is 18.2 Å². The Balaban J connectivity index is 2.22. The van der Waals surface area contributed by atoms with Crippen LogP contribution >= 0.6 is 11.6 Å². The number of aryl methyl sites for hydroxylation is 1. The number of benzene rings is 1. The van der Waals surface area contributed by atoms with Crippen molar-refractivity contribution in [2.45, 2.75) is 13.3 Å². The molecule has 1 aliphatic heterocycles. The first-order valence-corrected chi connectivity index (χ1v) is 7.05. The summed E-state index contributed by atoms with van der Waals surface area (Å²) < 4.78 is 5.03. The van der Waals surface area contributed by atoms with Crippen molar-refractivity contribution in [3.05, 3.63) is 34.3 Å². The van der Waals surface area contributed by atoms with E-state index in [1.54, 1.807) is 23.1 Å². The van der Waals surface area contributed by atoms with E-state index < -0.39 is 11.4 Å². The minimum atomic E-state index is -1.02. The van der Waals surface area contributed by atoms with Gasteiger partial charge in [0.15, 0.2) is 0 Å². The van der Waals surface area contributed by atoms with Crippen molar-refractivity contribution >= 4 is 23.5 Å². The van der Waals surface area contributed by atoms with E-state index in [4.69, 9.17) is 16.3 Å². The van der Waals surface area contributed by atoms with Crippen LogP contribution in [0.3, 0.4) is 0 Å². The molecule has 0 aromatic heterocycles. The first-order chi connectivity index (χ1) is 9.89. The number of carbonyl (C=O) groups is 2. The van der Waals surface area contributed by atoms with Gasteiger partial charge < -0.3 is 14.7 Å². The van der Waals surface area contributed by atoms with E-state index in [2.05, 4.69) is 0 Å². The van der Waals surface area contributed by atoms with Gasteiger partial charge in [0.05, 0.1) is 6.61 Å². The van der Waals surface area contributed by atoms with Gasteiger partial charge >= 0.3 is 5.97 Å². The Morgan fingerprint density at radius 3 is 2.81 bits per heavy atom. The van der Waals surface area contributed by atoms with E-state index in [1.165, 1.54) is 7.11 Å². The topological polar surface area (TPSA) is 66.8 Å². The molecule has 1 aliphatic rings. The van der Waals surface area contributed by atoms with Gasteiger partial charge in [-0.15, -0.1) is 0 Å². The molecule has 1 unspecified atom stereocenters. The molecule has 1 amide bonds. The third-order valence-electron chi connectivity index (χ3n) is 3.95. The highest BCUT2D eigenvalue weighted by Crippen LogP contribution is 2.32. The van der Waals surface area contributed by atoms with Crippen molar-refractivity contribution in [3.8, 4) is 0 Å². The third kappa shape index (κ3) is 3.04. The van der Waals surface area contributed by atoms with Gasteiger partial charge in [0.1, 0.15) is 5.41 Å². The summed E-state index contributed by atoms with van der Waals surface area (Å²) in [7, 11) is 1.47. The summed E-state index contributed by atoms with van der Waals surface area (Å²) in [5, 5.41) is 9.91. The van der Waals surface area contributed by atoms with E-state index in [0.717, 1.165) is 5.56 Å².